The molecule has 0 spiro atoms. The summed E-state index contributed by atoms with van der Waals surface area (Å²) in [5.74, 6) is 0. The average Bonchev–Trinajstić information content (AvgIpc) is 2.16. The van der Waals surface area contributed by atoms with E-state index in [0.29, 0.717) is 0 Å². The predicted octanol–water partition coefficient (Wildman–Crippen LogP) is 1.71. The summed E-state index contributed by atoms with van der Waals surface area (Å²) in [6.07, 6.45) is 1.23. The third-order valence-electron chi connectivity index (χ3n) is 2.05. The molecule has 1 rings (SSSR count). The van der Waals surface area contributed by atoms with Crippen LogP contribution in [-0.2, 0) is 0 Å². The van der Waals surface area contributed by atoms with Crippen molar-refractivity contribution in [2.75, 3.05) is 0 Å². The maximum Gasteiger partial charge on any atom is 0.0704 e. The van der Waals surface area contributed by atoms with Crippen molar-refractivity contribution in [1.82, 2.24) is 0 Å². The number of aliphatic hydroxyl groups excluding tert-OH is 1. The highest BCUT2D eigenvalue weighted by atomic mass is 16.3. The first-order chi connectivity index (χ1) is 6.15. The van der Waals surface area contributed by atoms with Gasteiger partial charge in [0.2, 0.25) is 0 Å². The van der Waals surface area contributed by atoms with E-state index in [1.807, 2.05) is 24.3 Å². The number of nitrogens with two attached hydrogens (primary N) is 1. The summed E-state index contributed by atoms with van der Waals surface area (Å²) < 4.78 is 0. The lowest BCUT2D eigenvalue weighted by Crippen LogP contribution is -2.23. The van der Waals surface area contributed by atoms with Crippen LogP contribution in [0.5, 0.6) is 0 Å². The molecule has 2 heteroatoms. The predicted molar refractivity (Wildman–Crippen MR) is 55.1 cm³/mol. The molecule has 0 amide bonds. The minimum atomic E-state index is -0.528. The van der Waals surface area contributed by atoms with Gasteiger partial charge in [0.15, 0.2) is 0 Å². The molecule has 0 aliphatic rings. The van der Waals surface area contributed by atoms with Crippen molar-refractivity contribution in [3.8, 4) is 0 Å². The van der Waals surface area contributed by atoms with Crippen LogP contribution in [0.2, 0.25) is 0 Å². The largest absolute Gasteiger partial charge is 0.391 e. The Morgan fingerprint density at radius 2 is 2.23 bits per heavy atom. The van der Waals surface area contributed by atoms with E-state index in [2.05, 4.69) is 6.58 Å². The van der Waals surface area contributed by atoms with Gasteiger partial charge in [-0.2, -0.15) is 0 Å². The molecule has 0 aromatic heterocycles. The fourth-order valence-corrected chi connectivity index (χ4v) is 1.17. The SMILES string of the molecule is C=Cc1cccc([C@@H](N)[C@@H](C)O)c1. The summed E-state index contributed by atoms with van der Waals surface area (Å²) in [6, 6.07) is 7.38. The van der Waals surface area contributed by atoms with Gasteiger partial charge in [0.25, 0.3) is 0 Å². The number of hydrogen-bond acceptors (Lipinski definition) is 2. The Balaban J connectivity index is 2.94. The highest BCUT2D eigenvalue weighted by Gasteiger charge is 2.11. The minimum absolute atomic E-state index is 0.320. The lowest BCUT2D eigenvalue weighted by molar-refractivity contribution is 0.164. The van der Waals surface area contributed by atoms with Crippen LogP contribution in [0.4, 0.5) is 0 Å². The van der Waals surface area contributed by atoms with Crippen LogP contribution in [0.25, 0.3) is 6.08 Å². The van der Waals surface area contributed by atoms with Crippen LogP contribution >= 0.6 is 0 Å². The molecule has 0 unspecified atom stereocenters. The van der Waals surface area contributed by atoms with Crippen LogP contribution < -0.4 is 5.73 Å². The third kappa shape index (κ3) is 2.41. The molecule has 0 aliphatic carbocycles. The molecule has 0 aliphatic heterocycles. The monoisotopic (exact) mass is 177 g/mol. The smallest absolute Gasteiger partial charge is 0.0704 e. The first-order valence-corrected chi connectivity index (χ1v) is 4.31. The van der Waals surface area contributed by atoms with E-state index in [9.17, 15) is 5.11 Å². The Hall–Kier alpha value is -1.12. The van der Waals surface area contributed by atoms with E-state index in [4.69, 9.17) is 5.73 Å². The van der Waals surface area contributed by atoms with E-state index in [1.165, 1.54) is 0 Å². The fourth-order valence-electron chi connectivity index (χ4n) is 1.17. The molecule has 0 fully saturated rings. The van der Waals surface area contributed by atoms with Crippen molar-refractivity contribution in [3.05, 3.63) is 42.0 Å². The lowest BCUT2D eigenvalue weighted by atomic mass is 10.0. The second-order valence-corrected chi connectivity index (χ2v) is 3.14. The van der Waals surface area contributed by atoms with Crippen LogP contribution in [0, 0.1) is 0 Å². The molecule has 3 N–H and O–H groups in total. The zero-order valence-electron chi connectivity index (χ0n) is 7.77. The van der Waals surface area contributed by atoms with Crippen LogP contribution in [0.3, 0.4) is 0 Å². The zero-order chi connectivity index (χ0) is 9.84. The number of rotatable bonds is 3. The maximum absolute atomic E-state index is 9.29. The molecule has 70 valence electrons. The van der Waals surface area contributed by atoms with Gasteiger partial charge in [0.1, 0.15) is 0 Å². The third-order valence-corrected chi connectivity index (χ3v) is 2.05. The number of hydrogen-bond donors (Lipinski definition) is 2. The Bertz CT molecular complexity index is 294. The molecule has 1 aromatic carbocycles. The van der Waals surface area contributed by atoms with Gasteiger partial charge in [-0.3, -0.25) is 0 Å². The van der Waals surface area contributed by atoms with Gasteiger partial charge in [0, 0.05) is 0 Å². The van der Waals surface area contributed by atoms with E-state index < -0.39 is 6.10 Å². The van der Waals surface area contributed by atoms with Crippen molar-refractivity contribution in [2.24, 2.45) is 5.73 Å². The Kier molecular flexibility index (Phi) is 3.23. The van der Waals surface area contributed by atoms with Gasteiger partial charge in [-0.1, -0.05) is 36.9 Å². The number of aliphatic hydroxyl groups is 1. The molecule has 0 radical (unpaired) electrons. The summed E-state index contributed by atoms with van der Waals surface area (Å²) in [7, 11) is 0. The summed E-state index contributed by atoms with van der Waals surface area (Å²) in [5.41, 5.74) is 7.74. The van der Waals surface area contributed by atoms with Gasteiger partial charge in [0.05, 0.1) is 12.1 Å². The van der Waals surface area contributed by atoms with Gasteiger partial charge in [-0.25, -0.2) is 0 Å². The molecule has 1 aromatic rings. The second kappa shape index (κ2) is 4.21. The summed E-state index contributed by atoms with van der Waals surface area (Å²) in [4.78, 5) is 0. The zero-order valence-corrected chi connectivity index (χ0v) is 7.77. The van der Waals surface area contributed by atoms with Gasteiger partial charge < -0.3 is 10.8 Å². The van der Waals surface area contributed by atoms with E-state index in [0.717, 1.165) is 11.1 Å². The van der Waals surface area contributed by atoms with Crippen LogP contribution in [0.15, 0.2) is 30.8 Å². The first kappa shape index (κ1) is 9.96. The summed E-state index contributed by atoms with van der Waals surface area (Å²) in [5, 5.41) is 9.29. The Labute approximate surface area is 78.7 Å². The van der Waals surface area contributed by atoms with E-state index >= 15 is 0 Å². The molecular weight excluding hydrogens is 162 g/mol. The summed E-state index contributed by atoms with van der Waals surface area (Å²) >= 11 is 0. The van der Waals surface area contributed by atoms with Gasteiger partial charge in [-0.05, 0) is 18.1 Å². The molecule has 0 saturated heterocycles. The molecule has 0 bridgehead atoms. The molecule has 0 saturated carbocycles. The molecule has 2 atom stereocenters. The van der Waals surface area contributed by atoms with Crippen molar-refractivity contribution >= 4 is 6.08 Å². The van der Waals surface area contributed by atoms with Crippen LogP contribution in [-0.4, -0.2) is 11.2 Å². The van der Waals surface area contributed by atoms with Gasteiger partial charge >= 0.3 is 0 Å². The average molecular weight is 177 g/mol. The summed E-state index contributed by atoms with van der Waals surface area (Å²) in [6.45, 7) is 5.36. The quantitative estimate of drug-likeness (QED) is 0.738. The first-order valence-electron chi connectivity index (χ1n) is 4.31. The molecule has 2 nitrogen and oxygen atoms in total. The van der Waals surface area contributed by atoms with Crippen LogP contribution in [0.1, 0.15) is 24.1 Å². The molecular formula is C11H15NO. The minimum Gasteiger partial charge on any atom is -0.391 e. The fraction of sp³-hybridized carbons (Fsp3) is 0.273. The Morgan fingerprint density at radius 1 is 1.54 bits per heavy atom. The van der Waals surface area contributed by atoms with Crippen molar-refractivity contribution in [1.29, 1.82) is 0 Å². The van der Waals surface area contributed by atoms with Crippen molar-refractivity contribution < 1.29 is 5.11 Å². The normalized spacial score (nSPS) is 15.0. The maximum atomic E-state index is 9.29. The van der Waals surface area contributed by atoms with Crippen molar-refractivity contribution in [3.63, 3.8) is 0 Å². The lowest BCUT2D eigenvalue weighted by Gasteiger charge is -2.15. The van der Waals surface area contributed by atoms with Gasteiger partial charge in [-0.15, -0.1) is 0 Å². The molecule has 13 heavy (non-hydrogen) atoms. The Morgan fingerprint density at radius 3 is 2.77 bits per heavy atom. The highest BCUT2D eigenvalue weighted by molar-refractivity contribution is 5.48. The van der Waals surface area contributed by atoms with E-state index in [1.54, 1.807) is 13.0 Å². The van der Waals surface area contributed by atoms with E-state index in [-0.39, 0.29) is 6.04 Å². The number of benzene rings is 1. The highest BCUT2D eigenvalue weighted by Crippen LogP contribution is 2.15. The standard InChI is InChI=1S/C11H15NO/c1-3-9-5-4-6-10(7-9)11(12)8(2)13/h3-8,11,13H,1,12H2,2H3/t8-,11+/m1/s1. The van der Waals surface area contributed by atoms with Crippen molar-refractivity contribution in [2.45, 2.75) is 19.1 Å². The topological polar surface area (TPSA) is 46.2 Å². The second-order valence-electron chi connectivity index (χ2n) is 3.14. The molecule has 0 heterocycles.